The van der Waals surface area contributed by atoms with Gasteiger partial charge < -0.3 is 30.3 Å². The fourth-order valence-corrected chi connectivity index (χ4v) is 19.0. The van der Waals surface area contributed by atoms with Gasteiger partial charge in [0.25, 0.3) is 0 Å². The molecule has 2 heterocycles. The second-order valence-corrected chi connectivity index (χ2v) is 26.8. The first-order valence-electron chi connectivity index (χ1n) is 19.8. The van der Waals surface area contributed by atoms with Gasteiger partial charge in [0.15, 0.2) is 0 Å². The first-order chi connectivity index (χ1) is 24.2. The van der Waals surface area contributed by atoms with Crippen molar-refractivity contribution >= 4 is 30.4 Å². The first-order valence-corrected chi connectivity index (χ1v) is 25.5. The van der Waals surface area contributed by atoms with E-state index in [1.165, 1.54) is 11.7 Å². The molecular formula is C43H56FeN4P2Si-6. The SMILES string of the molecule is C[Si](C)(C)[c-]1cc(CP(C2C3CC4CC(C3)CC2C4)C2C3CC4CC(C3)CC2C4)c(C(P)(c2ncccn2)c2ncccn2)c1.[Fe].[cH-]1[cH-][cH-][cH-][cH-]1. The van der Waals surface area contributed by atoms with Crippen LogP contribution < -0.4 is 5.19 Å². The van der Waals surface area contributed by atoms with Crippen molar-refractivity contribution in [1.29, 1.82) is 0 Å². The third kappa shape index (κ3) is 6.86. The second kappa shape index (κ2) is 14.6. The summed E-state index contributed by atoms with van der Waals surface area (Å²) in [6.45, 7) is 7.53. The largest absolute Gasteiger partial charge is 0.748 e. The molecule has 0 N–H and O–H groups in total. The maximum atomic E-state index is 4.90. The topological polar surface area (TPSA) is 51.6 Å². The van der Waals surface area contributed by atoms with E-state index in [-0.39, 0.29) is 25.0 Å². The summed E-state index contributed by atoms with van der Waals surface area (Å²) in [6, 6.07) is 19.1. The van der Waals surface area contributed by atoms with Crippen LogP contribution in [0.2, 0.25) is 19.6 Å². The number of rotatable bonds is 8. The Morgan fingerprint density at radius 1 is 0.647 bits per heavy atom. The molecule has 51 heavy (non-hydrogen) atoms. The molecule has 2 aromatic carbocycles. The summed E-state index contributed by atoms with van der Waals surface area (Å²) < 4.78 is 0. The first kappa shape index (κ1) is 36.4. The number of hydrogen-bond donors (Lipinski definition) is 0. The van der Waals surface area contributed by atoms with Gasteiger partial charge in [0.1, 0.15) is 11.6 Å². The minimum absolute atomic E-state index is 0. The molecule has 1 unspecified atom stereocenters. The molecule has 4 aromatic rings. The van der Waals surface area contributed by atoms with Gasteiger partial charge in [-0.15, -0.1) is 17.2 Å². The van der Waals surface area contributed by atoms with E-state index in [0.717, 1.165) is 70.3 Å². The van der Waals surface area contributed by atoms with E-state index in [4.69, 9.17) is 19.9 Å². The molecule has 8 bridgehead atoms. The van der Waals surface area contributed by atoms with Crippen LogP contribution in [0, 0.1) is 47.3 Å². The summed E-state index contributed by atoms with van der Waals surface area (Å²) in [6.07, 6.45) is 24.3. The van der Waals surface area contributed by atoms with Gasteiger partial charge in [-0.05, 0) is 135 Å². The predicted octanol–water partition coefficient (Wildman–Crippen LogP) is 9.73. The Hall–Kier alpha value is -1.54. The molecule has 0 saturated heterocycles. The zero-order valence-corrected chi connectivity index (χ0v) is 34.9. The summed E-state index contributed by atoms with van der Waals surface area (Å²) >= 11 is 0. The molecule has 0 aliphatic heterocycles. The summed E-state index contributed by atoms with van der Waals surface area (Å²) in [5.41, 5.74) is 4.90. The molecule has 8 aliphatic carbocycles. The van der Waals surface area contributed by atoms with Crippen molar-refractivity contribution in [1.82, 2.24) is 19.9 Å². The normalized spacial score (nSPS) is 33.7. The van der Waals surface area contributed by atoms with Crippen LogP contribution >= 0.6 is 17.2 Å². The quantitative estimate of drug-likeness (QED) is 0.102. The average molecular weight is 775 g/mol. The van der Waals surface area contributed by atoms with Crippen LogP contribution in [-0.4, -0.2) is 39.3 Å². The molecule has 276 valence electrons. The maximum absolute atomic E-state index is 4.90. The molecular weight excluding hydrogens is 718 g/mol. The molecule has 0 spiro atoms. The van der Waals surface area contributed by atoms with Crippen molar-refractivity contribution in [2.75, 3.05) is 0 Å². The van der Waals surface area contributed by atoms with Crippen molar-refractivity contribution in [2.24, 2.45) is 47.3 Å². The minimum Gasteiger partial charge on any atom is -0.748 e. The molecule has 8 saturated carbocycles. The Kier molecular flexibility index (Phi) is 10.4. The third-order valence-electron chi connectivity index (χ3n) is 14.1. The van der Waals surface area contributed by atoms with Gasteiger partial charge in [0.2, 0.25) is 0 Å². The zero-order valence-electron chi connectivity index (χ0n) is 30.7. The number of nitrogens with zero attached hydrogens (tertiary/aromatic N) is 4. The van der Waals surface area contributed by atoms with E-state index in [1.807, 2.05) is 67.3 Å². The minimum atomic E-state index is -1.59. The van der Waals surface area contributed by atoms with E-state index in [1.54, 1.807) is 75.0 Å². The van der Waals surface area contributed by atoms with Crippen molar-refractivity contribution in [2.45, 2.75) is 106 Å². The van der Waals surface area contributed by atoms with Crippen LogP contribution in [0.15, 0.2) is 79.4 Å². The number of hydrogen-bond acceptors (Lipinski definition) is 4. The fourth-order valence-electron chi connectivity index (χ4n) is 12.6. The molecule has 0 amide bonds. The Morgan fingerprint density at radius 3 is 1.37 bits per heavy atom. The Bertz CT molecular complexity index is 1580. The van der Waals surface area contributed by atoms with E-state index in [0.29, 0.717) is 0 Å². The van der Waals surface area contributed by atoms with Crippen molar-refractivity contribution in [3.05, 3.63) is 102 Å². The molecule has 8 heteroatoms. The van der Waals surface area contributed by atoms with Crippen LogP contribution in [0.25, 0.3) is 0 Å². The third-order valence-corrected chi connectivity index (χ3v) is 20.9. The smallest absolute Gasteiger partial charge is 0.137 e. The van der Waals surface area contributed by atoms with E-state index in [9.17, 15) is 0 Å². The average Bonchev–Trinajstić information content (AvgIpc) is 3.83. The molecule has 1 atom stereocenters. The maximum Gasteiger partial charge on any atom is 0.137 e. The van der Waals surface area contributed by atoms with Crippen LogP contribution in [-0.2, 0) is 28.4 Å². The van der Waals surface area contributed by atoms with Gasteiger partial charge >= 0.3 is 0 Å². The monoisotopic (exact) mass is 774 g/mol. The molecule has 2 aromatic heterocycles. The van der Waals surface area contributed by atoms with Crippen molar-refractivity contribution in [3.63, 3.8) is 0 Å². The zero-order chi connectivity index (χ0) is 34.0. The Labute approximate surface area is 321 Å². The fraction of sp³-hybridized carbons (Fsp3) is 0.581. The number of aromatic nitrogens is 4. The molecule has 8 fully saturated rings. The van der Waals surface area contributed by atoms with E-state index in [2.05, 4.69) is 41.0 Å². The Morgan fingerprint density at radius 2 is 1.02 bits per heavy atom. The standard InChI is InChI=1S/C38H51N4P2Si.C5H5.Fe/c1-45(2,3)32-20-31(33(21-32)38(43,36-39-6-4-7-40-36)37-41-8-5-9-42-37)22-44(34-27-12-23-10-24(14-27)15-28(34)13-23)35-29-16-25-11-26(18-29)19-30(35)17-25;1-2-4-5-3-1;/h4-9,20-21,23-30,34-35H,10-19,22,43H2,1-3H3;1-5H;/q-1;-5;. The molecule has 12 rings (SSSR count). The van der Waals surface area contributed by atoms with E-state index < -0.39 is 13.2 Å². The van der Waals surface area contributed by atoms with Gasteiger partial charge in [-0.1, -0.05) is 25.8 Å². The van der Waals surface area contributed by atoms with Gasteiger partial charge in [-0.3, -0.25) is 0 Å². The van der Waals surface area contributed by atoms with Gasteiger partial charge in [-0.25, -0.2) is 19.9 Å². The predicted molar refractivity (Wildman–Crippen MR) is 213 cm³/mol. The second-order valence-electron chi connectivity index (χ2n) is 18.4. The molecule has 0 radical (unpaired) electrons. The summed E-state index contributed by atoms with van der Waals surface area (Å²) in [5.74, 6) is 9.73. The van der Waals surface area contributed by atoms with Crippen LogP contribution in [0.4, 0.5) is 0 Å². The van der Waals surface area contributed by atoms with Crippen LogP contribution in [0.1, 0.15) is 87.0 Å². The van der Waals surface area contributed by atoms with Crippen molar-refractivity contribution < 1.29 is 17.1 Å². The molecule has 4 nitrogen and oxygen atoms in total. The Balaban J connectivity index is 0.000000576. The summed E-state index contributed by atoms with van der Waals surface area (Å²) in [7, 11) is 1.48. The molecule has 8 aliphatic rings. The van der Waals surface area contributed by atoms with Crippen LogP contribution in [0.5, 0.6) is 0 Å². The van der Waals surface area contributed by atoms with E-state index >= 15 is 0 Å². The van der Waals surface area contributed by atoms with Gasteiger partial charge in [-0.2, -0.15) is 28.4 Å². The van der Waals surface area contributed by atoms with Gasteiger partial charge in [0, 0.05) is 49.9 Å². The van der Waals surface area contributed by atoms with Crippen LogP contribution in [0.3, 0.4) is 0 Å². The van der Waals surface area contributed by atoms with Crippen molar-refractivity contribution in [3.8, 4) is 0 Å². The summed E-state index contributed by atoms with van der Waals surface area (Å²) in [4.78, 5) is 19.6. The van der Waals surface area contributed by atoms with Gasteiger partial charge in [0.05, 0.1) is 5.16 Å². The summed E-state index contributed by atoms with van der Waals surface area (Å²) in [5, 5.41) is 0.904.